The number of carbonyl (C=O) groups is 2. The van der Waals surface area contributed by atoms with E-state index in [4.69, 9.17) is 0 Å². The van der Waals surface area contributed by atoms with Gasteiger partial charge in [-0.2, -0.15) is 0 Å². The molecule has 162 valence electrons. The molecule has 0 radical (unpaired) electrons. The number of amides is 2. The molecule has 31 heavy (non-hydrogen) atoms. The lowest BCUT2D eigenvalue weighted by molar-refractivity contribution is -0.121. The predicted octanol–water partition coefficient (Wildman–Crippen LogP) is 3.63. The van der Waals surface area contributed by atoms with Crippen LogP contribution < -0.4 is 10.6 Å². The second-order valence-electron chi connectivity index (χ2n) is 8.10. The van der Waals surface area contributed by atoms with Gasteiger partial charge >= 0.3 is 0 Å². The van der Waals surface area contributed by atoms with Crippen LogP contribution in [0.25, 0.3) is 10.9 Å². The Morgan fingerprint density at radius 2 is 1.77 bits per heavy atom. The average molecular weight is 419 g/mol. The molecule has 1 fully saturated rings. The molecule has 3 N–H and O–H groups in total. The first-order valence-electron chi connectivity index (χ1n) is 11.1. The number of nitrogens with one attached hydrogen (secondary N) is 3. The van der Waals surface area contributed by atoms with Gasteiger partial charge in [0.25, 0.3) is 5.91 Å². The van der Waals surface area contributed by atoms with Crippen LogP contribution in [-0.2, 0) is 4.79 Å². The summed E-state index contributed by atoms with van der Waals surface area (Å²) in [5.41, 5.74) is 2.87. The molecule has 0 bridgehead atoms. The molecule has 1 atom stereocenters. The van der Waals surface area contributed by atoms with E-state index in [1.807, 2.05) is 53.6 Å². The maximum absolute atomic E-state index is 13.2. The van der Waals surface area contributed by atoms with E-state index in [1.165, 1.54) is 0 Å². The molecule has 0 spiro atoms. The number of carbonyl (C=O) groups excluding carboxylic acids is 2. The van der Waals surface area contributed by atoms with Crippen LogP contribution in [0.1, 0.15) is 47.6 Å². The van der Waals surface area contributed by atoms with Gasteiger partial charge in [-0.05, 0) is 55.6 Å². The Morgan fingerprint density at radius 3 is 2.65 bits per heavy atom. The zero-order valence-corrected chi connectivity index (χ0v) is 17.8. The topological polar surface area (TPSA) is 77.2 Å². The van der Waals surface area contributed by atoms with Crippen molar-refractivity contribution in [1.29, 1.82) is 0 Å². The molecule has 2 aromatic carbocycles. The SMILES string of the molecule is O=C1CC(c2ccccc2)NCCCCN(C(=O)c2ccc3[nH]ccc3c2)CCCN1. The van der Waals surface area contributed by atoms with Gasteiger partial charge in [0.2, 0.25) is 5.91 Å². The van der Waals surface area contributed by atoms with Crippen LogP contribution in [0.4, 0.5) is 0 Å². The quantitative estimate of drug-likeness (QED) is 0.595. The Hall–Kier alpha value is -3.12. The van der Waals surface area contributed by atoms with E-state index in [-0.39, 0.29) is 17.9 Å². The molecule has 2 heterocycles. The molecule has 0 aliphatic carbocycles. The minimum absolute atomic E-state index is 0.00719. The van der Waals surface area contributed by atoms with Gasteiger partial charge in [0.15, 0.2) is 0 Å². The summed E-state index contributed by atoms with van der Waals surface area (Å²) in [6, 6.07) is 17.9. The summed E-state index contributed by atoms with van der Waals surface area (Å²) >= 11 is 0. The zero-order valence-electron chi connectivity index (χ0n) is 17.8. The molecular formula is C25H30N4O2. The van der Waals surface area contributed by atoms with Crippen molar-refractivity contribution in [2.24, 2.45) is 0 Å². The van der Waals surface area contributed by atoms with E-state index in [9.17, 15) is 9.59 Å². The van der Waals surface area contributed by atoms with Crippen LogP contribution >= 0.6 is 0 Å². The molecule has 4 rings (SSSR count). The fourth-order valence-electron chi connectivity index (χ4n) is 4.14. The van der Waals surface area contributed by atoms with Crippen LogP contribution in [0.15, 0.2) is 60.8 Å². The third kappa shape index (κ3) is 5.52. The monoisotopic (exact) mass is 418 g/mol. The van der Waals surface area contributed by atoms with Crippen molar-refractivity contribution >= 4 is 22.7 Å². The number of fused-ring (bicyclic) bond motifs is 1. The Labute approximate surface area is 183 Å². The van der Waals surface area contributed by atoms with Gasteiger partial charge in [0.05, 0.1) is 0 Å². The molecule has 2 amide bonds. The molecule has 1 unspecified atom stereocenters. The smallest absolute Gasteiger partial charge is 0.253 e. The van der Waals surface area contributed by atoms with Gasteiger partial charge in [-0.25, -0.2) is 0 Å². The lowest BCUT2D eigenvalue weighted by atomic mass is 10.0. The first kappa shape index (κ1) is 21.1. The molecular weight excluding hydrogens is 388 g/mol. The van der Waals surface area contributed by atoms with Crippen molar-refractivity contribution in [2.45, 2.75) is 31.7 Å². The predicted molar refractivity (Wildman–Crippen MR) is 123 cm³/mol. The van der Waals surface area contributed by atoms with E-state index in [0.717, 1.165) is 48.8 Å². The van der Waals surface area contributed by atoms with Crippen molar-refractivity contribution in [3.8, 4) is 0 Å². The van der Waals surface area contributed by atoms with Crippen LogP contribution in [0.3, 0.4) is 0 Å². The maximum atomic E-state index is 13.2. The summed E-state index contributed by atoms with van der Waals surface area (Å²) in [5, 5.41) is 7.59. The fourth-order valence-corrected chi connectivity index (χ4v) is 4.14. The number of aromatic amines is 1. The van der Waals surface area contributed by atoms with Gasteiger partial charge in [0, 0.05) is 54.8 Å². The Morgan fingerprint density at radius 1 is 0.935 bits per heavy atom. The number of nitrogens with zero attached hydrogens (tertiary/aromatic N) is 1. The fraction of sp³-hybridized carbons (Fsp3) is 0.360. The van der Waals surface area contributed by atoms with Crippen molar-refractivity contribution < 1.29 is 9.59 Å². The molecule has 1 aliphatic heterocycles. The third-order valence-corrected chi connectivity index (χ3v) is 5.85. The first-order valence-corrected chi connectivity index (χ1v) is 11.1. The highest BCUT2D eigenvalue weighted by molar-refractivity contribution is 5.98. The summed E-state index contributed by atoms with van der Waals surface area (Å²) < 4.78 is 0. The third-order valence-electron chi connectivity index (χ3n) is 5.85. The first-order chi connectivity index (χ1) is 15.2. The lowest BCUT2D eigenvalue weighted by Gasteiger charge is -2.23. The van der Waals surface area contributed by atoms with Gasteiger partial charge in [0.1, 0.15) is 0 Å². The van der Waals surface area contributed by atoms with Gasteiger partial charge in [-0.1, -0.05) is 30.3 Å². The van der Waals surface area contributed by atoms with E-state index in [0.29, 0.717) is 25.1 Å². The van der Waals surface area contributed by atoms with Crippen LogP contribution in [0.5, 0.6) is 0 Å². The Bertz CT molecular complexity index is 1010. The largest absolute Gasteiger partial charge is 0.361 e. The minimum Gasteiger partial charge on any atom is -0.361 e. The van der Waals surface area contributed by atoms with E-state index in [2.05, 4.69) is 27.8 Å². The number of benzene rings is 2. The van der Waals surface area contributed by atoms with E-state index in [1.54, 1.807) is 0 Å². The van der Waals surface area contributed by atoms with Crippen molar-refractivity contribution in [1.82, 2.24) is 20.5 Å². The number of H-pyrrole nitrogens is 1. The summed E-state index contributed by atoms with van der Waals surface area (Å²) in [7, 11) is 0. The molecule has 1 aliphatic rings. The second-order valence-corrected chi connectivity index (χ2v) is 8.10. The molecule has 6 heteroatoms. The molecule has 3 aromatic rings. The van der Waals surface area contributed by atoms with Crippen LogP contribution in [0, 0.1) is 0 Å². The van der Waals surface area contributed by atoms with Crippen molar-refractivity contribution in [3.05, 3.63) is 71.9 Å². The highest BCUT2D eigenvalue weighted by atomic mass is 16.2. The number of hydrogen-bond acceptors (Lipinski definition) is 3. The molecule has 1 aromatic heterocycles. The molecule has 1 saturated heterocycles. The van der Waals surface area contributed by atoms with Crippen molar-refractivity contribution in [2.75, 3.05) is 26.2 Å². The number of rotatable bonds is 2. The van der Waals surface area contributed by atoms with Crippen molar-refractivity contribution in [3.63, 3.8) is 0 Å². The molecule has 0 saturated carbocycles. The molecule has 6 nitrogen and oxygen atoms in total. The van der Waals surface area contributed by atoms with Gasteiger partial charge < -0.3 is 20.5 Å². The normalized spacial score (nSPS) is 19.2. The lowest BCUT2D eigenvalue weighted by Crippen LogP contribution is -2.35. The summed E-state index contributed by atoms with van der Waals surface area (Å²) in [5.74, 6) is 0.0933. The Kier molecular flexibility index (Phi) is 6.99. The minimum atomic E-state index is 0.00719. The second kappa shape index (κ2) is 10.3. The number of aromatic nitrogens is 1. The highest BCUT2D eigenvalue weighted by Gasteiger charge is 2.18. The maximum Gasteiger partial charge on any atom is 0.253 e. The van der Waals surface area contributed by atoms with Gasteiger partial charge in [-0.15, -0.1) is 0 Å². The summed E-state index contributed by atoms with van der Waals surface area (Å²) in [6.45, 7) is 2.74. The zero-order chi connectivity index (χ0) is 21.5. The number of hydrogen-bond donors (Lipinski definition) is 3. The Balaban J connectivity index is 1.41. The summed E-state index contributed by atoms with van der Waals surface area (Å²) in [6.07, 6.45) is 4.92. The van der Waals surface area contributed by atoms with Gasteiger partial charge in [-0.3, -0.25) is 9.59 Å². The van der Waals surface area contributed by atoms with Crippen LogP contribution in [0.2, 0.25) is 0 Å². The van der Waals surface area contributed by atoms with E-state index >= 15 is 0 Å². The highest BCUT2D eigenvalue weighted by Crippen LogP contribution is 2.18. The standard InChI is InChI=1S/C25H30N4O2/c30-24-18-23(19-7-2-1-3-8-19)26-12-4-5-15-29(16-6-13-28-24)25(31)21-9-10-22-20(17-21)11-14-27-22/h1-3,7-11,14,17,23,26-27H,4-6,12-13,15-16,18H2,(H,28,30). The van der Waals surface area contributed by atoms with E-state index < -0.39 is 0 Å². The average Bonchev–Trinajstić information content (AvgIpc) is 3.27. The van der Waals surface area contributed by atoms with Crippen LogP contribution in [-0.4, -0.2) is 47.9 Å². The summed E-state index contributed by atoms with van der Waals surface area (Å²) in [4.78, 5) is 30.7.